The fourth-order valence-electron chi connectivity index (χ4n) is 2.78. The van der Waals surface area contributed by atoms with E-state index in [0.29, 0.717) is 17.3 Å². The van der Waals surface area contributed by atoms with Crippen molar-refractivity contribution in [2.24, 2.45) is 4.99 Å². The minimum absolute atomic E-state index is 0.338. The molecule has 0 saturated carbocycles. The highest BCUT2D eigenvalue weighted by Crippen LogP contribution is 2.31. The first-order valence-corrected chi connectivity index (χ1v) is 9.17. The molecule has 2 atom stereocenters. The fraction of sp³-hybridized carbons (Fsp3) is 0.353. The molecule has 3 amide bonds. The van der Waals surface area contributed by atoms with Gasteiger partial charge in [-0.2, -0.15) is 0 Å². The van der Waals surface area contributed by atoms with Crippen LogP contribution in [0.2, 0.25) is 5.02 Å². The minimum Gasteiger partial charge on any atom is -0.331 e. The standard InChI is InChI=1S/C17H19ClN4O2S/c1-10(2)9-25-17-19-14-13(15(23)20-16(24)21(14)3)22(17)8-11-6-4-5-7-12(11)18/h4-7,13-14H,1,8-9H2,2-3H3,(H,20,23,24). The number of rotatable bonds is 4. The van der Waals surface area contributed by atoms with Crippen molar-refractivity contribution >= 4 is 40.5 Å². The van der Waals surface area contributed by atoms with Crippen LogP contribution < -0.4 is 5.32 Å². The minimum atomic E-state index is -0.563. The Kier molecular flexibility index (Phi) is 5.06. The first-order valence-electron chi connectivity index (χ1n) is 7.81. The second-order valence-electron chi connectivity index (χ2n) is 6.14. The largest absolute Gasteiger partial charge is 0.331 e. The molecule has 1 N–H and O–H groups in total. The summed E-state index contributed by atoms with van der Waals surface area (Å²) in [6, 6.07) is 6.52. The van der Waals surface area contributed by atoms with Gasteiger partial charge in [-0.15, -0.1) is 0 Å². The Morgan fingerprint density at radius 1 is 1.40 bits per heavy atom. The van der Waals surface area contributed by atoms with Gasteiger partial charge >= 0.3 is 6.03 Å². The fourth-order valence-corrected chi connectivity index (χ4v) is 3.88. The van der Waals surface area contributed by atoms with Crippen molar-refractivity contribution in [2.45, 2.75) is 25.7 Å². The van der Waals surface area contributed by atoms with Crippen LogP contribution in [-0.4, -0.2) is 51.9 Å². The summed E-state index contributed by atoms with van der Waals surface area (Å²) in [7, 11) is 1.64. The Balaban J connectivity index is 1.92. The van der Waals surface area contributed by atoms with Crippen molar-refractivity contribution in [3.63, 3.8) is 0 Å². The van der Waals surface area contributed by atoms with Gasteiger partial charge in [-0.05, 0) is 18.6 Å². The van der Waals surface area contributed by atoms with Gasteiger partial charge in [0.2, 0.25) is 0 Å². The number of halogens is 1. The number of hydrogen-bond donors (Lipinski definition) is 1. The Morgan fingerprint density at radius 3 is 2.80 bits per heavy atom. The molecule has 2 aliphatic heterocycles. The van der Waals surface area contributed by atoms with Crippen LogP contribution >= 0.6 is 23.4 Å². The van der Waals surface area contributed by atoms with Gasteiger partial charge in [0.05, 0.1) is 0 Å². The van der Waals surface area contributed by atoms with E-state index in [-0.39, 0.29) is 5.91 Å². The SMILES string of the molecule is C=C(C)CSC1=NC2C(C(=O)NC(=O)N2C)N1Cc1ccccc1Cl. The molecule has 0 bridgehead atoms. The van der Waals surface area contributed by atoms with Crippen LogP contribution in [-0.2, 0) is 11.3 Å². The number of nitrogens with one attached hydrogen (secondary N) is 1. The van der Waals surface area contributed by atoms with Gasteiger partial charge in [-0.1, -0.05) is 53.7 Å². The monoisotopic (exact) mass is 378 g/mol. The van der Waals surface area contributed by atoms with Crippen LogP contribution in [0.25, 0.3) is 0 Å². The number of benzene rings is 1. The molecular formula is C17H19ClN4O2S. The predicted molar refractivity (Wildman–Crippen MR) is 101 cm³/mol. The number of imide groups is 1. The number of amidine groups is 1. The molecule has 0 aromatic heterocycles. The number of fused-ring (bicyclic) bond motifs is 1. The lowest BCUT2D eigenvalue weighted by atomic mass is 10.1. The first-order chi connectivity index (χ1) is 11.9. The highest BCUT2D eigenvalue weighted by molar-refractivity contribution is 8.13. The average Bonchev–Trinajstić information content (AvgIpc) is 2.92. The van der Waals surface area contributed by atoms with E-state index < -0.39 is 18.2 Å². The molecule has 25 heavy (non-hydrogen) atoms. The van der Waals surface area contributed by atoms with Gasteiger partial charge in [0, 0.05) is 24.4 Å². The molecule has 1 fully saturated rings. The molecule has 3 rings (SSSR count). The van der Waals surface area contributed by atoms with Crippen molar-refractivity contribution in [1.29, 1.82) is 0 Å². The molecular weight excluding hydrogens is 360 g/mol. The lowest BCUT2D eigenvalue weighted by Crippen LogP contribution is -2.63. The average molecular weight is 379 g/mol. The number of carbonyl (C=O) groups is 2. The van der Waals surface area contributed by atoms with E-state index in [1.165, 1.54) is 16.7 Å². The van der Waals surface area contributed by atoms with Crippen molar-refractivity contribution in [3.05, 3.63) is 47.0 Å². The van der Waals surface area contributed by atoms with Gasteiger partial charge < -0.3 is 9.80 Å². The Bertz CT molecular complexity index is 767. The molecule has 2 unspecified atom stereocenters. The summed E-state index contributed by atoms with van der Waals surface area (Å²) >= 11 is 7.80. The topological polar surface area (TPSA) is 65.0 Å². The maximum atomic E-state index is 12.5. The second-order valence-corrected chi connectivity index (χ2v) is 7.49. The number of aliphatic imine (C=N–C) groups is 1. The molecule has 0 radical (unpaired) electrons. The van der Waals surface area contributed by atoms with Crippen molar-refractivity contribution in [2.75, 3.05) is 12.8 Å². The van der Waals surface area contributed by atoms with Crippen molar-refractivity contribution in [3.8, 4) is 0 Å². The third kappa shape index (κ3) is 3.52. The van der Waals surface area contributed by atoms with Crippen LogP contribution in [0.3, 0.4) is 0 Å². The van der Waals surface area contributed by atoms with E-state index in [4.69, 9.17) is 11.6 Å². The van der Waals surface area contributed by atoms with Gasteiger partial charge in [0.15, 0.2) is 17.4 Å². The Morgan fingerprint density at radius 2 is 2.12 bits per heavy atom. The van der Waals surface area contributed by atoms with Crippen LogP contribution in [0.1, 0.15) is 12.5 Å². The predicted octanol–water partition coefficient (Wildman–Crippen LogP) is 2.70. The first kappa shape index (κ1) is 17.8. The highest BCUT2D eigenvalue weighted by atomic mass is 35.5. The second kappa shape index (κ2) is 7.09. The molecule has 0 spiro atoms. The van der Waals surface area contributed by atoms with Crippen molar-refractivity contribution in [1.82, 2.24) is 15.1 Å². The molecule has 1 aromatic carbocycles. The lowest BCUT2D eigenvalue weighted by Gasteiger charge is -2.36. The van der Waals surface area contributed by atoms with Gasteiger partial charge in [-0.25, -0.2) is 9.79 Å². The van der Waals surface area contributed by atoms with Gasteiger partial charge in [0.1, 0.15) is 0 Å². The maximum Gasteiger partial charge on any atom is 0.325 e. The molecule has 0 aliphatic carbocycles. The van der Waals surface area contributed by atoms with E-state index in [0.717, 1.165) is 16.3 Å². The van der Waals surface area contributed by atoms with Gasteiger partial charge in [-0.3, -0.25) is 10.1 Å². The van der Waals surface area contributed by atoms with Crippen LogP contribution in [0.5, 0.6) is 0 Å². The van der Waals surface area contributed by atoms with Gasteiger partial charge in [0.25, 0.3) is 5.91 Å². The summed E-state index contributed by atoms with van der Waals surface area (Å²) in [6.45, 7) is 6.30. The molecule has 132 valence electrons. The number of likely N-dealkylation sites (N-methyl/N-ethyl adjacent to an activating group) is 1. The zero-order valence-corrected chi connectivity index (χ0v) is 15.6. The molecule has 1 saturated heterocycles. The van der Waals surface area contributed by atoms with Crippen LogP contribution in [0.15, 0.2) is 41.4 Å². The molecule has 1 aromatic rings. The normalized spacial score (nSPS) is 22.6. The lowest BCUT2D eigenvalue weighted by molar-refractivity contribution is -0.127. The smallest absolute Gasteiger partial charge is 0.325 e. The molecule has 2 heterocycles. The number of nitrogens with zero attached hydrogens (tertiary/aromatic N) is 3. The summed E-state index contributed by atoms with van der Waals surface area (Å²) in [5.74, 6) is 0.353. The number of thioether (sulfide) groups is 1. The van der Waals surface area contributed by atoms with Crippen LogP contribution in [0, 0.1) is 0 Å². The number of amides is 3. The summed E-state index contributed by atoms with van der Waals surface area (Å²) in [5, 5.41) is 3.74. The zero-order chi connectivity index (χ0) is 18.1. The number of urea groups is 1. The van der Waals surface area contributed by atoms with Crippen molar-refractivity contribution < 1.29 is 9.59 Å². The molecule has 2 aliphatic rings. The maximum absolute atomic E-state index is 12.5. The summed E-state index contributed by atoms with van der Waals surface area (Å²) in [5.41, 5.74) is 1.91. The van der Waals surface area contributed by atoms with E-state index in [9.17, 15) is 9.59 Å². The Hall–Kier alpha value is -1.99. The highest BCUT2D eigenvalue weighted by Gasteiger charge is 2.48. The quantitative estimate of drug-likeness (QED) is 0.818. The number of hydrogen-bond acceptors (Lipinski definition) is 5. The van der Waals surface area contributed by atoms with Crippen LogP contribution in [0.4, 0.5) is 4.79 Å². The summed E-state index contributed by atoms with van der Waals surface area (Å²) in [4.78, 5) is 32.4. The van der Waals surface area contributed by atoms with E-state index >= 15 is 0 Å². The molecule has 8 heteroatoms. The third-order valence-corrected chi connectivity index (χ3v) is 5.67. The number of carbonyl (C=O) groups excluding carboxylic acids is 2. The van der Waals surface area contributed by atoms with E-state index in [1.807, 2.05) is 36.1 Å². The summed E-state index contributed by atoms with van der Waals surface area (Å²) < 4.78 is 0. The summed E-state index contributed by atoms with van der Waals surface area (Å²) in [6.07, 6.45) is -0.531. The molecule has 6 nitrogen and oxygen atoms in total. The van der Waals surface area contributed by atoms with E-state index in [2.05, 4.69) is 16.9 Å². The van der Waals surface area contributed by atoms with E-state index in [1.54, 1.807) is 7.05 Å². The zero-order valence-electron chi connectivity index (χ0n) is 14.0. The Labute approximate surface area is 155 Å². The third-order valence-electron chi connectivity index (χ3n) is 4.07.